The molecule has 1 amide bonds. The molecule has 2 aromatic rings. The molecule has 172 valence electrons. The Labute approximate surface area is 188 Å². The first-order chi connectivity index (χ1) is 15.0. The number of aryl methyl sites for hydroxylation is 1. The van der Waals surface area contributed by atoms with Gasteiger partial charge < -0.3 is 19.3 Å². The molecule has 0 spiro atoms. The number of benzene rings is 2. The molecular weight excluding hydrogens is 410 g/mol. The predicted molar refractivity (Wildman–Crippen MR) is 122 cm³/mol. The first-order valence-corrected chi connectivity index (χ1v) is 10.7. The van der Waals surface area contributed by atoms with Gasteiger partial charge in [0.05, 0.1) is 24.5 Å². The molecule has 0 saturated heterocycles. The average Bonchev–Trinajstić information content (AvgIpc) is 2.79. The third-order valence-electron chi connectivity index (χ3n) is 5.28. The van der Waals surface area contributed by atoms with Crippen LogP contribution in [0.2, 0.25) is 0 Å². The number of anilines is 1. The number of carboxylic acid groups (broad SMARTS) is 1. The number of rotatable bonds is 4. The van der Waals surface area contributed by atoms with Gasteiger partial charge in [0.1, 0.15) is 5.75 Å². The molecule has 0 aliphatic carbocycles. The van der Waals surface area contributed by atoms with E-state index in [4.69, 9.17) is 14.2 Å². The van der Waals surface area contributed by atoms with Crippen LogP contribution in [0.4, 0.5) is 10.5 Å². The maximum absolute atomic E-state index is 12.4. The molecule has 1 aliphatic heterocycles. The van der Waals surface area contributed by atoms with Crippen molar-refractivity contribution in [3.05, 3.63) is 46.5 Å². The van der Waals surface area contributed by atoms with Gasteiger partial charge >= 0.3 is 12.1 Å². The number of hydrogen-bond donors (Lipinski definition) is 2. The summed E-state index contributed by atoms with van der Waals surface area (Å²) in [7, 11) is 0. The number of nitrogens with one attached hydrogen (secondary N) is 1. The van der Waals surface area contributed by atoms with E-state index in [1.54, 1.807) is 6.92 Å². The van der Waals surface area contributed by atoms with Crippen LogP contribution in [0.1, 0.15) is 55.5 Å². The van der Waals surface area contributed by atoms with E-state index in [-0.39, 0.29) is 6.61 Å². The zero-order valence-electron chi connectivity index (χ0n) is 19.5. The Balaban J connectivity index is 2.37. The fraction of sp³-hybridized carbons (Fsp3) is 0.440. The number of hydrogen-bond acceptors (Lipinski definition) is 5. The minimum absolute atomic E-state index is 0.237. The molecule has 1 atom stereocenters. The Morgan fingerprint density at radius 2 is 1.69 bits per heavy atom. The molecule has 1 aliphatic rings. The fourth-order valence-electron chi connectivity index (χ4n) is 3.87. The van der Waals surface area contributed by atoms with E-state index in [2.05, 4.69) is 5.32 Å². The van der Waals surface area contributed by atoms with Gasteiger partial charge in [-0.25, -0.2) is 9.59 Å². The molecule has 0 aromatic heterocycles. The van der Waals surface area contributed by atoms with E-state index in [1.807, 2.05) is 58.9 Å². The molecule has 0 unspecified atom stereocenters. The maximum atomic E-state index is 12.4. The van der Waals surface area contributed by atoms with Crippen molar-refractivity contribution in [1.29, 1.82) is 0 Å². The topological polar surface area (TPSA) is 94.1 Å². The lowest BCUT2D eigenvalue weighted by Gasteiger charge is -2.30. The smallest absolute Gasteiger partial charge is 0.411 e. The second kappa shape index (κ2) is 9.20. The van der Waals surface area contributed by atoms with Gasteiger partial charge in [0, 0.05) is 17.5 Å². The summed E-state index contributed by atoms with van der Waals surface area (Å²) < 4.78 is 17.3. The Morgan fingerprint density at radius 1 is 1.06 bits per heavy atom. The molecule has 3 rings (SSSR count). The summed E-state index contributed by atoms with van der Waals surface area (Å²) in [5, 5.41) is 12.9. The fourth-order valence-corrected chi connectivity index (χ4v) is 3.87. The molecule has 7 heteroatoms. The predicted octanol–water partition coefficient (Wildman–Crippen LogP) is 5.55. The van der Waals surface area contributed by atoms with Crippen molar-refractivity contribution < 1.29 is 28.9 Å². The Bertz CT molecular complexity index is 1020. The van der Waals surface area contributed by atoms with Crippen LogP contribution in [0, 0.1) is 20.8 Å². The Morgan fingerprint density at radius 3 is 2.28 bits per heavy atom. The van der Waals surface area contributed by atoms with E-state index in [0.29, 0.717) is 35.6 Å². The summed E-state index contributed by atoms with van der Waals surface area (Å²) >= 11 is 0. The number of fused-ring (bicyclic) bond motifs is 1. The number of carbonyl (C=O) groups excluding carboxylic acids is 1. The zero-order chi connectivity index (χ0) is 23.6. The number of cyclic esters (lactones) is 1. The van der Waals surface area contributed by atoms with Gasteiger partial charge in [-0.05, 0) is 58.2 Å². The number of amides is 1. The molecule has 0 bridgehead atoms. The van der Waals surface area contributed by atoms with Crippen LogP contribution in [0.5, 0.6) is 5.75 Å². The Hall–Kier alpha value is -3.06. The molecule has 2 N–H and O–H groups in total. The van der Waals surface area contributed by atoms with Crippen molar-refractivity contribution in [3.8, 4) is 16.9 Å². The van der Waals surface area contributed by atoms with Gasteiger partial charge in [-0.15, -0.1) is 0 Å². The van der Waals surface area contributed by atoms with Crippen molar-refractivity contribution >= 4 is 17.7 Å². The van der Waals surface area contributed by atoms with Gasteiger partial charge in [0.2, 0.25) is 0 Å². The van der Waals surface area contributed by atoms with Crippen LogP contribution in [-0.2, 0) is 14.3 Å². The van der Waals surface area contributed by atoms with Crippen LogP contribution in [0.3, 0.4) is 0 Å². The van der Waals surface area contributed by atoms with Crippen LogP contribution in [-0.4, -0.2) is 36.0 Å². The van der Waals surface area contributed by atoms with E-state index < -0.39 is 23.8 Å². The minimum atomic E-state index is -1.25. The molecule has 0 fully saturated rings. The summed E-state index contributed by atoms with van der Waals surface area (Å²) in [5.41, 5.74) is 4.15. The quantitative estimate of drug-likeness (QED) is 0.646. The van der Waals surface area contributed by atoms with Gasteiger partial charge in [-0.2, -0.15) is 0 Å². The minimum Gasteiger partial charge on any atom is -0.491 e. The van der Waals surface area contributed by atoms with Crippen molar-refractivity contribution in [2.75, 3.05) is 18.5 Å². The lowest BCUT2D eigenvalue weighted by Crippen LogP contribution is -2.29. The van der Waals surface area contributed by atoms with Crippen molar-refractivity contribution in [1.82, 2.24) is 0 Å². The normalized spacial score (nSPS) is 15.2. The summed E-state index contributed by atoms with van der Waals surface area (Å²) in [6.07, 6.45) is -1.30. The number of carbonyl (C=O) groups is 2. The second-order valence-electron chi connectivity index (χ2n) is 9.02. The summed E-state index contributed by atoms with van der Waals surface area (Å²) in [5.74, 6) is -0.595. The molecule has 0 radical (unpaired) electrons. The first-order valence-electron chi connectivity index (χ1n) is 10.7. The third-order valence-corrected chi connectivity index (χ3v) is 5.28. The molecule has 32 heavy (non-hydrogen) atoms. The highest BCUT2D eigenvalue weighted by Gasteiger charge is 2.34. The van der Waals surface area contributed by atoms with Crippen molar-refractivity contribution in [3.63, 3.8) is 0 Å². The maximum Gasteiger partial charge on any atom is 0.411 e. The van der Waals surface area contributed by atoms with Gasteiger partial charge in [-0.3, -0.25) is 5.32 Å². The van der Waals surface area contributed by atoms with Crippen LogP contribution in [0.15, 0.2) is 24.3 Å². The monoisotopic (exact) mass is 441 g/mol. The molecule has 2 aromatic carbocycles. The highest BCUT2D eigenvalue weighted by molar-refractivity contribution is 5.94. The SMILES string of the molecule is Cc1ccc(-c2c(C)c3c(c(C)c2[C@H](OC(C)(C)C)C(=O)O)NC(=O)OCCCO3)cc1. The highest BCUT2D eigenvalue weighted by atomic mass is 16.6. The number of carboxylic acids is 1. The third kappa shape index (κ3) is 5.05. The van der Waals surface area contributed by atoms with Gasteiger partial charge in [0.15, 0.2) is 6.10 Å². The zero-order valence-corrected chi connectivity index (χ0v) is 19.5. The standard InChI is InChI=1S/C25H31NO6/c1-14-8-10-17(11-9-14)18-16(3)21-20(26-24(29)31-13-7-12-30-21)15(2)19(18)22(23(27)28)32-25(4,5)6/h8-11,22H,7,12-13H2,1-6H3,(H,26,29)(H,27,28)/t22-/m0/s1. The van der Waals surface area contributed by atoms with Crippen LogP contribution in [0.25, 0.3) is 11.1 Å². The lowest BCUT2D eigenvalue weighted by atomic mass is 9.86. The summed E-state index contributed by atoms with van der Waals surface area (Å²) in [4.78, 5) is 24.7. The molecule has 7 nitrogen and oxygen atoms in total. The number of ether oxygens (including phenoxy) is 3. The van der Waals surface area contributed by atoms with Gasteiger partial charge in [-0.1, -0.05) is 29.8 Å². The first kappa shape index (κ1) is 23.6. The summed E-state index contributed by atoms with van der Waals surface area (Å²) in [6, 6.07) is 7.87. The van der Waals surface area contributed by atoms with E-state index in [9.17, 15) is 14.7 Å². The van der Waals surface area contributed by atoms with Crippen LogP contribution >= 0.6 is 0 Å². The highest BCUT2D eigenvalue weighted by Crippen LogP contribution is 2.46. The van der Waals surface area contributed by atoms with E-state index >= 15 is 0 Å². The lowest BCUT2D eigenvalue weighted by molar-refractivity contribution is -0.160. The number of aliphatic carboxylic acids is 1. The van der Waals surface area contributed by atoms with Crippen molar-refractivity contribution in [2.45, 2.75) is 59.7 Å². The second-order valence-corrected chi connectivity index (χ2v) is 9.02. The van der Waals surface area contributed by atoms with E-state index in [1.165, 1.54) is 0 Å². The Kier molecular flexibility index (Phi) is 6.79. The van der Waals surface area contributed by atoms with Crippen LogP contribution < -0.4 is 10.1 Å². The van der Waals surface area contributed by atoms with Crippen molar-refractivity contribution in [2.24, 2.45) is 0 Å². The largest absolute Gasteiger partial charge is 0.491 e. The van der Waals surface area contributed by atoms with E-state index in [0.717, 1.165) is 22.3 Å². The molecule has 0 saturated carbocycles. The van der Waals surface area contributed by atoms with Gasteiger partial charge in [0.25, 0.3) is 0 Å². The molecule has 1 heterocycles. The average molecular weight is 442 g/mol. The summed E-state index contributed by atoms with van der Waals surface area (Å²) in [6.45, 7) is 11.7. The molecular formula is C25H31NO6.